The van der Waals surface area contributed by atoms with Crippen LogP contribution in [0, 0.1) is 6.92 Å². The zero-order valence-corrected chi connectivity index (χ0v) is 8.33. The van der Waals surface area contributed by atoms with E-state index >= 15 is 0 Å². The van der Waals surface area contributed by atoms with E-state index in [0.717, 1.165) is 6.07 Å². The van der Waals surface area contributed by atoms with Crippen molar-refractivity contribution in [3.63, 3.8) is 0 Å². The maximum Gasteiger partial charge on any atom is 0.437 e. The number of rotatable bonds is 1. The number of pyridine rings is 1. The SMILES string of the molecule is Cc1ccnc(C(F)(C(F)(F)F)C(F)(F)F)c1. The van der Waals surface area contributed by atoms with E-state index in [9.17, 15) is 30.7 Å². The van der Waals surface area contributed by atoms with Gasteiger partial charge in [-0.25, -0.2) is 4.39 Å². The van der Waals surface area contributed by atoms with Crippen LogP contribution < -0.4 is 0 Å². The molecule has 1 nitrogen and oxygen atoms in total. The fraction of sp³-hybridized carbons (Fsp3) is 0.444. The Bertz CT molecular complexity index is 393. The number of nitrogens with zero attached hydrogens (tertiary/aromatic N) is 1. The summed E-state index contributed by atoms with van der Waals surface area (Å²) in [7, 11) is 0. The third-order valence-corrected chi connectivity index (χ3v) is 2.05. The second-order valence-electron chi connectivity index (χ2n) is 3.37. The van der Waals surface area contributed by atoms with Crippen LogP contribution in [0.25, 0.3) is 0 Å². The maximum absolute atomic E-state index is 13.4. The van der Waals surface area contributed by atoms with Gasteiger partial charge in [0.2, 0.25) is 0 Å². The molecule has 96 valence electrons. The Hall–Kier alpha value is -1.34. The van der Waals surface area contributed by atoms with Crippen LogP contribution in [0.2, 0.25) is 0 Å². The Morgan fingerprint density at radius 1 is 0.941 bits per heavy atom. The predicted molar refractivity (Wildman–Crippen MR) is 43.9 cm³/mol. The average Bonchev–Trinajstić information content (AvgIpc) is 2.12. The summed E-state index contributed by atoms with van der Waals surface area (Å²) >= 11 is 0. The van der Waals surface area contributed by atoms with Gasteiger partial charge < -0.3 is 0 Å². The molecule has 0 aliphatic rings. The highest BCUT2D eigenvalue weighted by molar-refractivity contribution is 5.23. The molecule has 0 amide bonds. The molecule has 1 heterocycles. The molecule has 0 saturated heterocycles. The Balaban J connectivity index is 3.46. The molecule has 1 aromatic rings. The van der Waals surface area contributed by atoms with Crippen LogP contribution >= 0.6 is 0 Å². The van der Waals surface area contributed by atoms with E-state index in [1.54, 1.807) is 0 Å². The molecule has 0 unspecified atom stereocenters. The summed E-state index contributed by atoms with van der Waals surface area (Å²) in [5, 5.41) is 0. The second kappa shape index (κ2) is 3.85. The molecule has 17 heavy (non-hydrogen) atoms. The number of alkyl halides is 7. The van der Waals surface area contributed by atoms with Crippen LogP contribution in [0.1, 0.15) is 11.3 Å². The lowest BCUT2D eigenvalue weighted by Gasteiger charge is -2.29. The number of hydrogen-bond donors (Lipinski definition) is 0. The molecular weight excluding hydrogens is 255 g/mol. The van der Waals surface area contributed by atoms with Gasteiger partial charge >= 0.3 is 18.0 Å². The van der Waals surface area contributed by atoms with Gasteiger partial charge in [-0.15, -0.1) is 0 Å². The van der Waals surface area contributed by atoms with Gasteiger partial charge in [0.15, 0.2) is 0 Å². The van der Waals surface area contributed by atoms with Gasteiger partial charge in [-0.2, -0.15) is 26.3 Å². The van der Waals surface area contributed by atoms with Crippen LogP contribution in [0.4, 0.5) is 30.7 Å². The van der Waals surface area contributed by atoms with Gasteiger partial charge in [0.05, 0.1) is 5.69 Å². The van der Waals surface area contributed by atoms with E-state index in [2.05, 4.69) is 4.98 Å². The summed E-state index contributed by atoms with van der Waals surface area (Å²) in [4.78, 5) is 2.83. The molecule has 0 atom stereocenters. The molecule has 1 rings (SSSR count). The van der Waals surface area contributed by atoms with Crippen molar-refractivity contribution in [2.24, 2.45) is 0 Å². The molecular formula is C9H6F7N. The largest absolute Gasteiger partial charge is 0.437 e. The van der Waals surface area contributed by atoms with Crippen molar-refractivity contribution in [1.82, 2.24) is 4.98 Å². The van der Waals surface area contributed by atoms with E-state index in [0.29, 0.717) is 12.3 Å². The Kier molecular flexibility index (Phi) is 3.11. The zero-order valence-electron chi connectivity index (χ0n) is 8.33. The van der Waals surface area contributed by atoms with E-state index < -0.39 is 23.7 Å². The number of halogens is 7. The first-order valence-electron chi connectivity index (χ1n) is 4.25. The van der Waals surface area contributed by atoms with Crippen molar-refractivity contribution in [3.8, 4) is 0 Å². The molecule has 8 heteroatoms. The minimum Gasteiger partial charge on any atom is -0.257 e. The summed E-state index contributed by atoms with van der Waals surface area (Å²) in [6.45, 7) is 1.23. The first-order chi connectivity index (χ1) is 7.50. The van der Waals surface area contributed by atoms with Gasteiger partial charge in [0.25, 0.3) is 0 Å². The Labute approximate surface area is 91.3 Å². The molecule has 0 aliphatic heterocycles. The van der Waals surface area contributed by atoms with Gasteiger partial charge in [0.1, 0.15) is 0 Å². The van der Waals surface area contributed by atoms with Crippen LogP contribution in [0.15, 0.2) is 18.3 Å². The standard InChI is InChI=1S/C9H6F7N/c1-5-2-3-17-6(4-5)7(10,8(11,12)13)9(14,15)16/h2-4H,1H3. The van der Waals surface area contributed by atoms with Crippen molar-refractivity contribution >= 4 is 0 Å². The molecule has 0 aliphatic carbocycles. The third kappa shape index (κ3) is 2.20. The van der Waals surface area contributed by atoms with Crippen LogP contribution in [-0.4, -0.2) is 17.3 Å². The molecule has 0 spiro atoms. The topological polar surface area (TPSA) is 12.9 Å². The monoisotopic (exact) mass is 261 g/mol. The summed E-state index contributed by atoms with van der Waals surface area (Å²) in [6, 6.07) is 1.58. The summed E-state index contributed by atoms with van der Waals surface area (Å²) in [6.07, 6.45) is -11.5. The quantitative estimate of drug-likeness (QED) is 0.703. The number of hydrogen-bond acceptors (Lipinski definition) is 1. The Morgan fingerprint density at radius 2 is 1.41 bits per heavy atom. The third-order valence-electron chi connectivity index (χ3n) is 2.05. The van der Waals surface area contributed by atoms with Gasteiger partial charge in [-0.1, -0.05) is 0 Å². The van der Waals surface area contributed by atoms with E-state index in [4.69, 9.17) is 0 Å². The number of aromatic nitrogens is 1. The predicted octanol–water partition coefficient (Wildman–Crippen LogP) is 3.68. The first kappa shape index (κ1) is 13.7. The van der Waals surface area contributed by atoms with Gasteiger partial charge in [0, 0.05) is 6.20 Å². The van der Waals surface area contributed by atoms with Crippen molar-refractivity contribution in [1.29, 1.82) is 0 Å². The highest BCUT2D eigenvalue weighted by Crippen LogP contribution is 2.52. The zero-order chi connectivity index (χ0) is 13.5. The molecule has 0 N–H and O–H groups in total. The second-order valence-corrected chi connectivity index (χ2v) is 3.37. The molecule has 0 radical (unpaired) electrons. The minimum absolute atomic E-state index is 0.0468. The summed E-state index contributed by atoms with van der Waals surface area (Å²) in [5.74, 6) is 0. The molecule has 1 aromatic heterocycles. The van der Waals surface area contributed by atoms with Crippen LogP contribution in [0.5, 0.6) is 0 Å². The van der Waals surface area contributed by atoms with Crippen molar-refractivity contribution in [3.05, 3.63) is 29.6 Å². The smallest absolute Gasteiger partial charge is 0.257 e. The van der Waals surface area contributed by atoms with E-state index in [-0.39, 0.29) is 5.56 Å². The van der Waals surface area contributed by atoms with Crippen molar-refractivity contribution < 1.29 is 30.7 Å². The Morgan fingerprint density at radius 3 is 1.76 bits per heavy atom. The molecule has 0 bridgehead atoms. The molecule has 0 saturated carbocycles. The van der Waals surface area contributed by atoms with Crippen molar-refractivity contribution in [2.75, 3.05) is 0 Å². The lowest BCUT2D eigenvalue weighted by molar-refractivity contribution is -0.350. The lowest BCUT2D eigenvalue weighted by atomic mass is 9.98. The molecule has 0 fully saturated rings. The summed E-state index contributed by atoms with van der Waals surface area (Å²) in [5.41, 5.74) is -7.12. The lowest BCUT2D eigenvalue weighted by Crippen LogP contribution is -2.50. The number of aryl methyl sites for hydroxylation is 1. The van der Waals surface area contributed by atoms with Crippen LogP contribution in [0.3, 0.4) is 0 Å². The van der Waals surface area contributed by atoms with Crippen LogP contribution in [-0.2, 0) is 5.67 Å². The fourth-order valence-electron chi connectivity index (χ4n) is 1.18. The highest BCUT2D eigenvalue weighted by Gasteiger charge is 2.74. The average molecular weight is 261 g/mol. The highest BCUT2D eigenvalue weighted by atomic mass is 19.4. The molecule has 0 aromatic carbocycles. The van der Waals surface area contributed by atoms with Gasteiger partial charge in [-0.05, 0) is 24.6 Å². The minimum atomic E-state index is -6.12. The van der Waals surface area contributed by atoms with Gasteiger partial charge in [-0.3, -0.25) is 4.98 Å². The fourth-order valence-corrected chi connectivity index (χ4v) is 1.18. The summed E-state index contributed by atoms with van der Waals surface area (Å²) < 4.78 is 87.1. The normalized spacial score (nSPS) is 13.9. The van der Waals surface area contributed by atoms with E-state index in [1.807, 2.05) is 0 Å². The van der Waals surface area contributed by atoms with Crippen molar-refractivity contribution in [2.45, 2.75) is 24.9 Å². The first-order valence-corrected chi connectivity index (χ1v) is 4.25. The maximum atomic E-state index is 13.4. The van der Waals surface area contributed by atoms with E-state index in [1.165, 1.54) is 6.92 Å².